The number of hydrogen-bond donors (Lipinski definition) is 1. The molecule has 0 aliphatic heterocycles. The molecule has 0 amide bonds. The fraction of sp³-hybridized carbons (Fsp3) is 0.545. The first-order chi connectivity index (χ1) is 7.24. The maximum absolute atomic E-state index is 5.58. The Morgan fingerprint density at radius 1 is 1.40 bits per heavy atom. The summed E-state index contributed by atoms with van der Waals surface area (Å²) < 4.78 is 10.5. The summed E-state index contributed by atoms with van der Waals surface area (Å²) in [4.78, 5) is 4.27. The molecule has 0 bridgehead atoms. The van der Waals surface area contributed by atoms with Crippen LogP contribution in [0, 0.1) is 6.92 Å². The summed E-state index contributed by atoms with van der Waals surface area (Å²) in [7, 11) is 3.32. The van der Waals surface area contributed by atoms with Crippen molar-refractivity contribution in [3.63, 3.8) is 0 Å². The van der Waals surface area contributed by atoms with Crippen LogP contribution in [0.5, 0.6) is 5.75 Å². The lowest BCUT2D eigenvalue weighted by atomic mass is 10.0. The van der Waals surface area contributed by atoms with Crippen LogP contribution in [0.15, 0.2) is 6.20 Å². The summed E-state index contributed by atoms with van der Waals surface area (Å²) in [5, 5.41) is 0. The number of aromatic nitrogens is 1. The van der Waals surface area contributed by atoms with E-state index < -0.39 is 0 Å². The topological polar surface area (TPSA) is 57.4 Å². The van der Waals surface area contributed by atoms with Crippen molar-refractivity contribution in [1.29, 1.82) is 0 Å². The van der Waals surface area contributed by atoms with Gasteiger partial charge < -0.3 is 15.2 Å². The SMILES string of the molecule is COCc1cnc(C)c(OC)c1CCN. The summed E-state index contributed by atoms with van der Waals surface area (Å²) in [5.41, 5.74) is 8.62. The smallest absolute Gasteiger partial charge is 0.143 e. The second kappa shape index (κ2) is 5.68. The standard InChI is InChI=1S/C11H18N2O2/c1-8-11(15-3)10(4-5-12)9(6-13-8)7-14-2/h6H,4-5,7,12H2,1-3H3. The van der Waals surface area contributed by atoms with Crippen molar-refractivity contribution in [1.82, 2.24) is 4.98 Å². The maximum Gasteiger partial charge on any atom is 0.143 e. The number of nitrogens with zero attached hydrogens (tertiary/aromatic N) is 1. The molecular formula is C11H18N2O2. The van der Waals surface area contributed by atoms with Crippen LogP contribution in [0.1, 0.15) is 16.8 Å². The Kier molecular flexibility index (Phi) is 4.52. The molecule has 0 saturated heterocycles. The van der Waals surface area contributed by atoms with Crippen molar-refractivity contribution in [3.05, 3.63) is 23.0 Å². The minimum Gasteiger partial charge on any atom is -0.495 e. The minimum atomic E-state index is 0.541. The van der Waals surface area contributed by atoms with Crippen LogP contribution in [-0.2, 0) is 17.8 Å². The van der Waals surface area contributed by atoms with Gasteiger partial charge in [-0.25, -0.2) is 0 Å². The number of pyridine rings is 1. The zero-order chi connectivity index (χ0) is 11.3. The third kappa shape index (κ3) is 2.67. The number of nitrogens with two attached hydrogens (primary N) is 1. The van der Waals surface area contributed by atoms with E-state index in [9.17, 15) is 0 Å². The molecule has 1 heterocycles. The number of hydrogen-bond acceptors (Lipinski definition) is 4. The summed E-state index contributed by atoms with van der Waals surface area (Å²) in [6, 6.07) is 0. The molecule has 0 spiro atoms. The summed E-state index contributed by atoms with van der Waals surface area (Å²) in [6.07, 6.45) is 2.61. The second-order valence-electron chi connectivity index (χ2n) is 3.35. The Morgan fingerprint density at radius 3 is 2.67 bits per heavy atom. The van der Waals surface area contributed by atoms with Crippen LogP contribution >= 0.6 is 0 Å². The normalized spacial score (nSPS) is 10.4. The fourth-order valence-corrected chi connectivity index (χ4v) is 1.64. The highest BCUT2D eigenvalue weighted by Gasteiger charge is 2.12. The molecular weight excluding hydrogens is 192 g/mol. The molecule has 2 N–H and O–H groups in total. The van der Waals surface area contributed by atoms with Gasteiger partial charge in [-0.3, -0.25) is 4.98 Å². The summed E-state index contributed by atoms with van der Waals surface area (Å²) >= 11 is 0. The Bertz CT molecular complexity index is 327. The van der Waals surface area contributed by atoms with E-state index in [1.54, 1.807) is 14.2 Å². The lowest BCUT2D eigenvalue weighted by molar-refractivity contribution is 0.183. The molecule has 0 fully saturated rings. The van der Waals surface area contributed by atoms with E-state index in [2.05, 4.69) is 4.98 Å². The van der Waals surface area contributed by atoms with Crippen LogP contribution in [0.2, 0.25) is 0 Å². The van der Waals surface area contributed by atoms with Gasteiger partial charge in [0.05, 0.1) is 19.4 Å². The Morgan fingerprint density at radius 2 is 2.13 bits per heavy atom. The second-order valence-corrected chi connectivity index (χ2v) is 3.35. The highest BCUT2D eigenvalue weighted by Crippen LogP contribution is 2.25. The average molecular weight is 210 g/mol. The average Bonchev–Trinajstić information content (AvgIpc) is 2.23. The first kappa shape index (κ1) is 11.9. The van der Waals surface area contributed by atoms with Gasteiger partial charge in [0.15, 0.2) is 0 Å². The van der Waals surface area contributed by atoms with Gasteiger partial charge in [0, 0.05) is 24.4 Å². The van der Waals surface area contributed by atoms with E-state index in [4.69, 9.17) is 15.2 Å². The van der Waals surface area contributed by atoms with Crippen molar-refractivity contribution in [2.45, 2.75) is 20.0 Å². The van der Waals surface area contributed by atoms with E-state index in [1.165, 1.54) is 0 Å². The molecule has 0 aliphatic carbocycles. The fourth-order valence-electron chi connectivity index (χ4n) is 1.64. The van der Waals surface area contributed by atoms with Gasteiger partial charge in [-0.2, -0.15) is 0 Å². The van der Waals surface area contributed by atoms with E-state index in [0.29, 0.717) is 13.2 Å². The molecule has 0 aliphatic rings. The van der Waals surface area contributed by atoms with Gasteiger partial charge in [-0.05, 0) is 19.9 Å². The van der Waals surface area contributed by atoms with E-state index in [1.807, 2.05) is 13.1 Å². The zero-order valence-corrected chi connectivity index (χ0v) is 9.54. The highest BCUT2D eigenvalue weighted by atomic mass is 16.5. The molecule has 4 heteroatoms. The number of methoxy groups -OCH3 is 2. The van der Waals surface area contributed by atoms with E-state index >= 15 is 0 Å². The van der Waals surface area contributed by atoms with Crippen LogP contribution in [-0.4, -0.2) is 25.7 Å². The molecule has 1 aromatic heterocycles. The quantitative estimate of drug-likeness (QED) is 0.789. The predicted octanol–water partition coefficient (Wildman–Crippen LogP) is 1.05. The van der Waals surface area contributed by atoms with Crippen LogP contribution in [0.3, 0.4) is 0 Å². The largest absolute Gasteiger partial charge is 0.495 e. The van der Waals surface area contributed by atoms with E-state index in [-0.39, 0.29) is 0 Å². The van der Waals surface area contributed by atoms with Crippen molar-refractivity contribution >= 4 is 0 Å². The lowest BCUT2D eigenvalue weighted by Crippen LogP contribution is -2.09. The number of ether oxygens (including phenoxy) is 2. The van der Waals surface area contributed by atoms with Gasteiger partial charge in [0.2, 0.25) is 0 Å². The molecule has 0 radical (unpaired) electrons. The first-order valence-electron chi connectivity index (χ1n) is 4.95. The molecule has 0 atom stereocenters. The molecule has 0 saturated carbocycles. The van der Waals surface area contributed by atoms with Crippen molar-refractivity contribution in [2.75, 3.05) is 20.8 Å². The Hall–Kier alpha value is -1.13. The Labute approximate surface area is 90.4 Å². The van der Waals surface area contributed by atoms with Crippen molar-refractivity contribution in [3.8, 4) is 5.75 Å². The number of aryl methyl sites for hydroxylation is 1. The van der Waals surface area contributed by atoms with Crippen molar-refractivity contribution < 1.29 is 9.47 Å². The minimum absolute atomic E-state index is 0.541. The van der Waals surface area contributed by atoms with Gasteiger partial charge in [-0.15, -0.1) is 0 Å². The first-order valence-corrected chi connectivity index (χ1v) is 4.95. The molecule has 0 aromatic carbocycles. The summed E-state index contributed by atoms with van der Waals surface area (Å²) in [5.74, 6) is 0.829. The predicted molar refractivity (Wildman–Crippen MR) is 59.0 cm³/mol. The third-order valence-corrected chi connectivity index (χ3v) is 2.30. The molecule has 4 nitrogen and oxygen atoms in total. The third-order valence-electron chi connectivity index (χ3n) is 2.30. The zero-order valence-electron chi connectivity index (χ0n) is 9.54. The summed E-state index contributed by atoms with van der Waals surface area (Å²) in [6.45, 7) is 3.06. The molecule has 15 heavy (non-hydrogen) atoms. The van der Waals surface area contributed by atoms with Crippen LogP contribution < -0.4 is 10.5 Å². The van der Waals surface area contributed by atoms with Crippen LogP contribution in [0.25, 0.3) is 0 Å². The Balaban J connectivity index is 3.15. The molecule has 84 valence electrons. The van der Waals surface area contributed by atoms with Crippen molar-refractivity contribution in [2.24, 2.45) is 5.73 Å². The monoisotopic (exact) mass is 210 g/mol. The maximum atomic E-state index is 5.58. The molecule has 1 rings (SSSR count). The van der Waals surface area contributed by atoms with Gasteiger partial charge in [0.25, 0.3) is 0 Å². The molecule has 0 unspecified atom stereocenters. The highest BCUT2D eigenvalue weighted by molar-refractivity contribution is 5.42. The number of rotatable bonds is 5. The van der Waals surface area contributed by atoms with Crippen LogP contribution in [0.4, 0.5) is 0 Å². The van der Waals surface area contributed by atoms with Gasteiger partial charge >= 0.3 is 0 Å². The van der Waals surface area contributed by atoms with E-state index in [0.717, 1.165) is 29.0 Å². The van der Waals surface area contributed by atoms with Gasteiger partial charge in [-0.1, -0.05) is 0 Å². The van der Waals surface area contributed by atoms with Gasteiger partial charge in [0.1, 0.15) is 5.75 Å². The molecule has 1 aromatic rings. The lowest BCUT2D eigenvalue weighted by Gasteiger charge is -2.14.